The van der Waals surface area contributed by atoms with Gasteiger partial charge in [-0.3, -0.25) is 9.89 Å². The van der Waals surface area contributed by atoms with E-state index in [0.29, 0.717) is 12.1 Å². The van der Waals surface area contributed by atoms with E-state index in [1.54, 1.807) is 13.2 Å². The normalized spacial score (nSPS) is 10.1. The van der Waals surface area contributed by atoms with E-state index in [-0.39, 0.29) is 0 Å². The minimum atomic E-state index is 0.421. The van der Waals surface area contributed by atoms with E-state index >= 15 is 0 Å². The summed E-state index contributed by atoms with van der Waals surface area (Å²) in [5, 5.41) is 6.67. The minimum Gasteiger partial charge on any atom is -0.496 e. The zero-order valence-electron chi connectivity index (χ0n) is 8.93. The quantitative estimate of drug-likeness (QED) is 0.793. The Kier molecular flexibility index (Phi) is 3.00. The van der Waals surface area contributed by atoms with Crippen molar-refractivity contribution in [3.8, 4) is 5.75 Å². The maximum atomic E-state index is 10.5. The molecule has 4 heteroatoms. The van der Waals surface area contributed by atoms with E-state index < -0.39 is 0 Å². The monoisotopic (exact) mass is 216 g/mol. The second kappa shape index (κ2) is 4.61. The van der Waals surface area contributed by atoms with Crippen molar-refractivity contribution in [2.45, 2.75) is 6.42 Å². The number of rotatable bonds is 4. The molecule has 0 bridgehead atoms. The molecule has 1 aromatic heterocycles. The van der Waals surface area contributed by atoms with Gasteiger partial charge in [-0.1, -0.05) is 18.2 Å². The van der Waals surface area contributed by atoms with Gasteiger partial charge in [0.25, 0.3) is 0 Å². The Balaban J connectivity index is 2.22. The molecule has 0 saturated heterocycles. The fourth-order valence-electron chi connectivity index (χ4n) is 1.58. The molecule has 0 spiro atoms. The number of aromatic amines is 1. The number of carbonyl (C=O) groups excluding carboxylic acids is 1. The van der Waals surface area contributed by atoms with Crippen LogP contribution in [-0.2, 0) is 6.42 Å². The number of aromatic nitrogens is 2. The number of ether oxygens (including phenoxy) is 1. The lowest BCUT2D eigenvalue weighted by molar-refractivity contribution is 0.111. The molecule has 0 amide bonds. The topological polar surface area (TPSA) is 55.0 Å². The number of aldehydes is 1. The first-order valence-corrected chi connectivity index (χ1v) is 4.95. The Morgan fingerprint density at radius 1 is 1.44 bits per heavy atom. The molecule has 1 heterocycles. The summed E-state index contributed by atoms with van der Waals surface area (Å²) in [6.45, 7) is 0. The van der Waals surface area contributed by atoms with Gasteiger partial charge in [0.1, 0.15) is 11.4 Å². The summed E-state index contributed by atoms with van der Waals surface area (Å²) < 4.78 is 5.25. The van der Waals surface area contributed by atoms with Crippen LogP contribution >= 0.6 is 0 Å². The Labute approximate surface area is 93.3 Å². The second-order valence-corrected chi connectivity index (χ2v) is 3.42. The first kappa shape index (κ1) is 10.4. The Morgan fingerprint density at radius 3 is 2.94 bits per heavy atom. The maximum absolute atomic E-state index is 10.5. The summed E-state index contributed by atoms with van der Waals surface area (Å²) in [5.74, 6) is 0.838. The Bertz CT molecular complexity index is 491. The van der Waals surface area contributed by atoms with Crippen LogP contribution in [0.4, 0.5) is 0 Å². The van der Waals surface area contributed by atoms with Crippen molar-refractivity contribution in [1.82, 2.24) is 10.2 Å². The molecule has 0 saturated carbocycles. The van der Waals surface area contributed by atoms with E-state index in [1.165, 1.54) is 0 Å². The molecule has 0 aliphatic rings. The van der Waals surface area contributed by atoms with Crippen molar-refractivity contribution in [2.24, 2.45) is 0 Å². The predicted octanol–water partition coefficient (Wildman–Crippen LogP) is 1.82. The highest BCUT2D eigenvalue weighted by atomic mass is 16.5. The van der Waals surface area contributed by atoms with Crippen molar-refractivity contribution >= 4 is 6.29 Å². The molecule has 0 aliphatic heterocycles. The molecule has 4 nitrogen and oxygen atoms in total. The van der Waals surface area contributed by atoms with Crippen molar-refractivity contribution in [3.05, 3.63) is 47.3 Å². The molecule has 0 unspecified atom stereocenters. The van der Waals surface area contributed by atoms with Gasteiger partial charge in [0.05, 0.1) is 7.11 Å². The second-order valence-electron chi connectivity index (χ2n) is 3.42. The smallest absolute Gasteiger partial charge is 0.170 e. The molecule has 0 fully saturated rings. The lowest BCUT2D eigenvalue weighted by Gasteiger charge is -2.06. The van der Waals surface area contributed by atoms with Crippen LogP contribution in [0.2, 0.25) is 0 Å². The highest BCUT2D eigenvalue weighted by Crippen LogP contribution is 2.20. The van der Waals surface area contributed by atoms with Crippen LogP contribution in [0, 0.1) is 0 Å². The number of hydrogen-bond donors (Lipinski definition) is 1. The molecule has 2 rings (SSSR count). The summed E-state index contributed by atoms with van der Waals surface area (Å²) in [6, 6.07) is 9.51. The highest BCUT2D eigenvalue weighted by molar-refractivity contribution is 5.71. The van der Waals surface area contributed by atoms with Gasteiger partial charge in [0.2, 0.25) is 0 Å². The molecule has 82 valence electrons. The minimum absolute atomic E-state index is 0.421. The summed E-state index contributed by atoms with van der Waals surface area (Å²) in [5.41, 5.74) is 2.38. The van der Waals surface area contributed by atoms with Crippen molar-refractivity contribution in [2.75, 3.05) is 7.11 Å². The van der Waals surface area contributed by atoms with Gasteiger partial charge in [-0.2, -0.15) is 5.10 Å². The molecule has 1 N–H and O–H groups in total. The van der Waals surface area contributed by atoms with Crippen LogP contribution in [0.3, 0.4) is 0 Å². The third-order valence-corrected chi connectivity index (χ3v) is 2.34. The number of nitrogens with zero attached hydrogens (tertiary/aromatic N) is 1. The number of para-hydroxylation sites is 1. The van der Waals surface area contributed by atoms with Crippen LogP contribution < -0.4 is 4.74 Å². The van der Waals surface area contributed by atoms with E-state index in [9.17, 15) is 4.79 Å². The Morgan fingerprint density at radius 2 is 2.25 bits per heavy atom. The summed E-state index contributed by atoms with van der Waals surface area (Å²) in [6.07, 6.45) is 1.40. The summed E-state index contributed by atoms with van der Waals surface area (Å²) >= 11 is 0. The molecular formula is C12H12N2O2. The SMILES string of the molecule is COc1ccccc1Cc1cc(C=O)n[nH]1. The Hall–Kier alpha value is -2.10. The zero-order valence-corrected chi connectivity index (χ0v) is 8.93. The van der Waals surface area contributed by atoms with Crippen molar-refractivity contribution < 1.29 is 9.53 Å². The van der Waals surface area contributed by atoms with Crippen LogP contribution in [0.25, 0.3) is 0 Å². The first-order valence-electron chi connectivity index (χ1n) is 4.95. The summed E-state index contributed by atoms with van der Waals surface area (Å²) in [4.78, 5) is 10.5. The number of methoxy groups -OCH3 is 1. The van der Waals surface area contributed by atoms with Gasteiger partial charge >= 0.3 is 0 Å². The largest absolute Gasteiger partial charge is 0.496 e. The third-order valence-electron chi connectivity index (χ3n) is 2.34. The fraction of sp³-hybridized carbons (Fsp3) is 0.167. The van der Waals surface area contributed by atoms with Gasteiger partial charge < -0.3 is 4.74 Å². The number of benzene rings is 1. The van der Waals surface area contributed by atoms with Crippen LogP contribution in [0.5, 0.6) is 5.75 Å². The van der Waals surface area contributed by atoms with Crippen LogP contribution in [-0.4, -0.2) is 23.6 Å². The van der Waals surface area contributed by atoms with Gasteiger partial charge in [0.15, 0.2) is 6.29 Å². The van der Waals surface area contributed by atoms with Gasteiger partial charge in [-0.25, -0.2) is 0 Å². The van der Waals surface area contributed by atoms with Gasteiger partial charge in [-0.15, -0.1) is 0 Å². The lowest BCUT2D eigenvalue weighted by Crippen LogP contribution is -1.93. The van der Waals surface area contributed by atoms with Crippen molar-refractivity contribution in [3.63, 3.8) is 0 Å². The number of carbonyl (C=O) groups is 1. The third kappa shape index (κ3) is 2.11. The van der Waals surface area contributed by atoms with Crippen LogP contribution in [0.15, 0.2) is 30.3 Å². The predicted molar refractivity (Wildman–Crippen MR) is 59.8 cm³/mol. The van der Waals surface area contributed by atoms with E-state index in [4.69, 9.17) is 4.74 Å². The van der Waals surface area contributed by atoms with E-state index in [2.05, 4.69) is 10.2 Å². The van der Waals surface area contributed by atoms with Crippen LogP contribution in [0.1, 0.15) is 21.7 Å². The van der Waals surface area contributed by atoms with Gasteiger partial charge in [-0.05, 0) is 12.1 Å². The maximum Gasteiger partial charge on any atom is 0.170 e. The number of nitrogens with one attached hydrogen (secondary N) is 1. The average molecular weight is 216 g/mol. The fourth-order valence-corrected chi connectivity index (χ4v) is 1.58. The molecule has 2 aromatic rings. The standard InChI is InChI=1S/C12H12N2O2/c1-16-12-5-3-2-4-9(12)6-10-7-11(8-15)14-13-10/h2-5,7-8H,6H2,1H3,(H,13,14). The zero-order chi connectivity index (χ0) is 11.4. The van der Waals surface area contributed by atoms with E-state index in [0.717, 1.165) is 23.3 Å². The molecule has 0 radical (unpaired) electrons. The summed E-state index contributed by atoms with van der Waals surface area (Å²) in [7, 11) is 1.64. The average Bonchev–Trinajstić information content (AvgIpc) is 2.77. The van der Waals surface area contributed by atoms with E-state index in [1.807, 2.05) is 24.3 Å². The number of hydrogen-bond acceptors (Lipinski definition) is 3. The molecular weight excluding hydrogens is 204 g/mol. The molecule has 1 aromatic carbocycles. The van der Waals surface area contributed by atoms with Gasteiger partial charge in [0, 0.05) is 17.7 Å². The molecule has 0 aliphatic carbocycles. The number of H-pyrrole nitrogens is 1. The lowest BCUT2D eigenvalue weighted by atomic mass is 10.1. The molecule has 0 atom stereocenters. The first-order chi connectivity index (χ1) is 7.83. The highest BCUT2D eigenvalue weighted by Gasteiger charge is 2.05. The van der Waals surface area contributed by atoms with Crippen molar-refractivity contribution in [1.29, 1.82) is 0 Å². The molecule has 16 heavy (non-hydrogen) atoms.